The summed E-state index contributed by atoms with van der Waals surface area (Å²) in [5.74, 6) is 1.27. The van der Waals surface area contributed by atoms with Crippen molar-refractivity contribution in [3.63, 3.8) is 0 Å². The highest BCUT2D eigenvalue weighted by atomic mass is 16.5. The smallest absolute Gasteiger partial charge is 0.226 e. The number of hydrogen-bond donors (Lipinski definition) is 0. The minimum absolute atomic E-state index is 0.543. The van der Waals surface area contributed by atoms with Gasteiger partial charge in [-0.15, -0.1) is 0 Å². The van der Waals surface area contributed by atoms with Gasteiger partial charge in [0, 0.05) is 12.8 Å². The molecule has 4 heteroatoms. The van der Waals surface area contributed by atoms with Gasteiger partial charge in [0.2, 0.25) is 5.89 Å². The number of rotatable bonds is 3. The average molecular weight is 151 g/mol. The summed E-state index contributed by atoms with van der Waals surface area (Å²) in [7, 11) is 0. The summed E-state index contributed by atoms with van der Waals surface area (Å²) in [6, 6.07) is 2.05. The molecule has 0 aliphatic rings. The van der Waals surface area contributed by atoms with Crippen LogP contribution in [0.2, 0.25) is 0 Å². The molecule has 0 fully saturated rings. The Bertz CT molecular complexity index is 261. The molecule has 0 aliphatic carbocycles. The normalized spacial score (nSPS) is 9.45. The van der Waals surface area contributed by atoms with Gasteiger partial charge in [-0.25, -0.2) is 0 Å². The zero-order chi connectivity index (χ0) is 8.10. The standard InChI is InChI=1S/C7H9N3O/c1-6-9-7(11-10-6)4-2-3-5-8/h2-4H2,1H3. The highest BCUT2D eigenvalue weighted by Gasteiger charge is 2.00. The van der Waals surface area contributed by atoms with E-state index in [2.05, 4.69) is 16.2 Å². The van der Waals surface area contributed by atoms with Crippen LogP contribution in [0.1, 0.15) is 24.6 Å². The Morgan fingerprint density at radius 3 is 3.00 bits per heavy atom. The maximum absolute atomic E-state index is 8.23. The molecule has 0 bridgehead atoms. The van der Waals surface area contributed by atoms with E-state index in [0.29, 0.717) is 24.6 Å². The molecule has 11 heavy (non-hydrogen) atoms. The van der Waals surface area contributed by atoms with E-state index in [1.54, 1.807) is 6.92 Å². The average Bonchev–Trinajstić information content (AvgIpc) is 2.37. The van der Waals surface area contributed by atoms with E-state index in [0.717, 1.165) is 6.42 Å². The van der Waals surface area contributed by atoms with Gasteiger partial charge >= 0.3 is 0 Å². The van der Waals surface area contributed by atoms with Crippen molar-refractivity contribution in [2.24, 2.45) is 0 Å². The van der Waals surface area contributed by atoms with Crippen LogP contribution in [-0.4, -0.2) is 10.1 Å². The molecule has 0 amide bonds. The second-order valence-electron chi connectivity index (χ2n) is 2.25. The maximum atomic E-state index is 8.23. The van der Waals surface area contributed by atoms with Gasteiger partial charge in [0.05, 0.1) is 6.07 Å². The number of unbranched alkanes of at least 4 members (excludes halogenated alkanes) is 1. The van der Waals surface area contributed by atoms with Crippen molar-refractivity contribution >= 4 is 0 Å². The number of aryl methyl sites for hydroxylation is 2. The number of hydrogen-bond acceptors (Lipinski definition) is 4. The Labute approximate surface area is 64.8 Å². The van der Waals surface area contributed by atoms with Crippen molar-refractivity contribution in [3.05, 3.63) is 11.7 Å². The molecule has 0 unspecified atom stereocenters. The Hall–Kier alpha value is -1.37. The van der Waals surface area contributed by atoms with Crippen molar-refractivity contribution in [1.29, 1.82) is 5.26 Å². The van der Waals surface area contributed by atoms with Gasteiger partial charge in [-0.3, -0.25) is 0 Å². The van der Waals surface area contributed by atoms with E-state index < -0.39 is 0 Å². The Morgan fingerprint density at radius 2 is 2.45 bits per heavy atom. The predicted octanol–water partition coefficient (Wildman–Crippen LogP) is 1.22. The minimum Gasteiger partial charge on any atom is -0.339 e. The predicted molar refractivity (Wildman–Crippen MR) is 37.6 cm³/mol. The lowest BCUT2D eigenvalue weighted by molar-refractivity contribution is 0.372. The summed E-state index contributed by atoms with van der Waals surface area (Å²) >= 11 is 0. The summed E-state index contributed by atoms with van der Waals surface area (Å²) in [6.07, 6.45) is 2.04. The van der Waals surface area contributed by atoms with Gasteiger partial charge in [0.1, 0.15) is 0 Å². The van der Waals surface area contributed by atoms with Crippen LogP contribution in [-0.2, 0) is 6.42 Å². The fourth-order valence-electron chi connectivity index (χ4n) is 0.760. The number of nitrogens with zero attached hydrogens (tertiary/aromatic N) is 3. The molecule has 0 N–H and O–H groups in total. The van der Waals surface area contributed by atoms with Crippen molar-refractivity contribution < 1.29 is 4.52 Å². The second-order valence-corrected chi connectivity index (χ2v) is 2.25. The fraction of sp³-hybridized carbons (Fsp3) is 0.571. The first-order valence-electron chi connectivity index (χ1n) is 3.49. The van der Waals surface area contributed by atoms with Crippen LogP contribution < -0.4 is 0 Å². The lowest BCUT2D eigenvalue weighted by Gasteiger charge is -1.85. The molecule has 1 aromatic rings. The van der Waals surface area contributed by atoms with Crippen molar-refractivity contribution in [3.8, 4) is 6.07 Å². The first kappa shape index (κ1) is 7.73. The summed E-state index contributed by atoms with van der Waals surface area (Å²) in [5.41, 5.74) is 0. The van der Waals surface area contributed by atoms with Gasteiger partial charge in [-0.2, -0.15) is 10.2 Å². The second kappa shape index (κ2) is 3.71. The van der Waals surface area contributed by atoms with Gasteiger partial charge in [-0.05, 0) is 13.3 Å². The molecule has 0 aromatic carbocycles. The summed E-state index contributed by atoms with van der Waals surface area (Å²) in [4.78, 5) is 4.00. The molecule has 0 spiro atoms. The first-order valence-corrected chi connectivity index (χ1v) is 3.49. The van der Waals surface area contributed by atoms with Gasteiger partial charge < -0.3 is 4.52 Å². The Morgan fingerprint density at radius 1 is 1.64 bits per heavy atom. The van der Waals surface area contributed by atoms with Crippen LogP contribution in [0.4, 0.5) is 0 Å². The molecule has 0 aliphatic heterocycles. The summed E-state index contributed by atoms with van der Waals surface area (Å²) in [5, 5.41) is 11.9. The fourth-order valence-corrected chi connectivity index (χ4v) is 0.760. The van der Waals surface area contributed by atoms with Crippen LogP contribution in [0.3, 0.4) is 0 Å². The highest BCUT2D eigenvalue weighted by Crippen LogP contribution is 2.01. The highest BCUT2D eigenvalue weighted by molar-refractivity contribution is 4.83. The van der Waals surface area contributed by atoms with Crippen LogP contribution in [0.25, 0.3) is 0 Å². The van der Waals surface area contributed by atoms with Crippen molar-refractivity contribution in [2.45, 2.75) is 26.2 Å². The number of nitriles is 1. The molecular weight excluding hydrogens is 142 g/mol. The van der Waals surface area contributed by atoms with Gasteiger partial charge in [0.15, 0.2) is 5.82 Å². The van der Waals surface area contributed by atoms with Crippen molar-refractivity contribution in [2.75, 3.05) is 0 Å². The molecule has 0 radical (unpaired) electrons. The largest absolute Gasteiger partial charge is 0.339 e. The SMILES string of the molecule is Cc1noc(CCCC#N)n1. The molecule has 1 heterocycles. The zero-order valence-corrected chi connectivity index (χ0v) is 6.37. The zero-order valence-electron chi connectivity index (χ0n) is 6.37. The topological polar surface area (TPSA) is 62.7 Å². The van der Waals surface area contributed by atoms with E-state index in [9.17, 15) is 0 Å². The quantitative estimate of drug-likeness (QED) is 0.609. The van der Waals surface area contributed by atoms with Crippen LogP contribution >= 0.6 is 0 Å². The third-order valence-corrected chi connectivity index (χ3v) is 1.25. The van der Waals surface area contributed by atoms with Crippen LogP contribution in [0.5, 0.6) is 0 Å². The van der Waals surface area contributed by atoms with E-state index in [1.165, 1.54) is 0 Å². The van der Waals surface area contributed by atoms with Crippen LogP contribution in [0.15, 0.2) is 4.52 Å². The summed E-state index contributed by atoms with van der Waals surface area (Å²) < 4.78 is 4.84. The lowest BCUT2D eigenvalue weighted by Crippen LogP contribution is -1.84. The van der Waals surface area contributed by atoms with Crippen LogP contribution in [0, 0.1) is 18.3 Å². The monoisotopic (exact) mass is 151 g/mol. The van der Waals surface area contributed by atoms with E-state index in [4.69, 9.17) is 9.78 Å². The molecule has 58 valence electrons. The molecular formula is C7H9N3O. The Kier molecular flexibility index (Phi) is 2.61. The third-order valence-electron chi connectivity index (χ3n) is 1.25. The number of aromatic nitrogens is 2. The molecule has 0 saturated carbocycles. The maximum Gasteiger partial charge on any atom is 0.226 e. The molecule has 0 saturated heterocycles. The van der Waals surface area contributed by atoms with E-state index in [1.807, 2.05) is 0 Å². The first-order chi connectivity index (χ1) is 5.33. The minimum atomic E-state index is 0.543. The summed E-state index contributed by atoms with van der Waals surface area (Å²) in [6.45, 7) is 1.78. The Balaban J connectivity index is 2.34. The molecule has 1 aromatic heterocycles. The van der Waals surface area contributed by atoms with Gasteiger partial charge in [0.25, 0.3) is 0 Å². The van der Waals surface area contributed by atoms with Crippen molar-refractivity contribution in [1.82, 2.24) is 10.1 Å². The van der Waals surface area contributed by atoms with E-state index in [-0.39, 0.29) is 0 Å². The third kappa shape index (κ3) is 2.38. The molecule has 0 atom stereocenters. The molecule has 4 nitrogen and oxygen atoms in total. The van der Waals surface area contributed by atoms with Gasteiger partial charge in [-0.1, -0.05) is 5.16 Å². The lowest BCUT2D eigenvalue weighted by atomic mass is 10.2. The molecule has 1 rings (SSSR count). The van der Waals surface area contributed by atoms with E-state index >= 15 is 0 Å².